The van der Waals surface area contributed by atoms with E-state index in [4.69, 9.17) is 4.74 Å². The Bertz CT molecular complexity index is 384. The molecule has 1 unspecified atom stereocenters. The van der Waals surface area contributed by atoms with E-state index in [-0.39, 0.29) is 0 Å². The van der Waals surface area contributed by atoms with Crippen LogP contribution in [0, 0.1) is 6.92 Å². The molecule has 2 aliphatic rings. The van der Waals surface area contributed by atoms with Crippen molar-refractivity contribution in [3.05, 3.63) is 29.3 Å². The fourth-order valence-corrected chi connectivity index (χ4v) is 2.35. The molecule has 0 amide bonds. The molecular weight excluding hydrogens is 198 g/mol. The molecule has 0 aromatic heterocycles. The highest BCUT2D eigenvalue weighted by Gasteiger charge is 2.24. The van der Waals surface area contributed by atoms with Gasteiger partial charge in [-0.15, -0.1) is 0 Å². The summed E-state index contributed by atoms with van der Waals surface area (Å²) in [7, 11) is 0. The highest BCUT2D eigenvalue weighted by Crippen LogP contribution is 2.30. The summed E-state index contributed by atoms with van der Waals surface area (Å²) in [6.07, 6.45) is 5.34. The zero-order valence-corrected chi connectivity index (χ0v) is 9.83. The average molecular weight is 217 g/mol. The lowest BCUT2D eigenvalue weighted by Gasteiger charge is -2.10. The quantitative estimate of drug-likeness (QED) is 0.836. The summed E-state index contributed by atoms with van der Waals surface area (Å²) in [5.74, 6) is 1.10. The van der Waals surface area contributed by atoms with Crippen LogP contribution in [0.3, 0.4) is 0 Å². The first-order valence-corrected chi connectivity index (χ1v) is 6.31. The Labute approximate surface area is 97.0 Å². The Morgan fingerprint density at radius 2 is 2.25 bits per heavy atom. The number of fused-ring (bicyclic) bond motifs is 1. The molecule has 86 valence electrons. The van der Waals surface area contributed by atoms with Gasteiger partial charge < -0.3 is 10.1 Å². The van der Waals surface area contributed by atoms with Gasteiger partial charge in [-0.05, 0) is 44.4 Å². The van der Waals surface area contributed by atoms with Crippen LogP contribution in [-0.4, -0.2) is 18.7 Å². The summed E-state index contributed by atoms with van der Waals surface area (Å²) in [6.45, 7) is 3.24. The maximum atomic E-state index is 5.92. The van der Waals surface area contributed by atoms with Crippen molar-refractivity contribution in [2.75, 3.05) is 6.54 Å². The highest BCUT2D eigenvalue weighted by atomic mass is 16.5. The van der Waals surface area contributed by atoms with Crippen molar-refractivity contribution in [1.82, 2.24) is 5.32 Å². The van der Waals surface area contributed by atoms with Crippen molar-refractivity contribution >= 4 is 0 Å². The van der Waals surface area contributed by atoms with Gasteiger partial charge in [0.05, 0.1) is 0 Å². The average Bonchev–Trinajstić information content (AvgIpc) is 2.98. The van der Waals surface area contributed by atoms with E-state index < -0.39 is 0 Å². The maximum absolute atomic E-state index is 5.92. The van der Waals surface area contributed by atoms with E-state index in [1.807, 2.05) is 0 Å². The summed E-state index contributed by atoms with van der Waals surface area (Å²) in [5, 5.41) is 3.54. The number of aryl methyl sites for hydroxylation is 1. The van der Waals surface area contributed by atoms with Gasteiger partial charge in [0.15, 0.2) is 0 Å². The van der Waals surface area contributed by atoms with Crippen LogP contribution in [0.4, 0.5) is 0 Å². The van der Waals surface area contributed by atoms with Gasteiger partial charge in [0.1, 0.15) is 11.9 Å². The molecule has 0 bridgehead atoms. The molecule has 1 aromatic rings. The molecule has 2 nitrogen and oxygen atoms in total. The second-order valence-corrected chi connectivity index (χ2v) is 5.07. The zero-order valence-electron chi connectivity index (χ0n) is 9.83. The molecule has 1 aromatic carbocycles. The van der Waals surface area contributed by atoms with Gasteiger partial charge >= 0.3 is 0 Å². The summed E-state index contributed by atoms with van der Waals surface area (Å²) in [6, 6.07) is 7.30. The molecule has 1 saturated carbocycles. The van der Waals surface area contributed by atoms with Crippen molar-refractivity contribution < 1.29 is 4.74 Å². The minimum atomic E-state index is 0.392. The molecule has 0 saturated heterocycles. The van der Waals surface area contributed by atoms with Crippen molar-refractivity contribution in [2.45, 2.75) is 44.8 Å². The molecule has 1 atom stereocenters. The first-order valence-electron chi connectivity index (χ1n) is 6.31. The van der Waals surface area contributed by atoms with Crippen LogP contribution in [0.25, 0.3) is 0 Å². The van der Waals surface area contributed by atoms with Gasteiger partial charge in [0, 0.05) is 12.5 Å². The summed E-state index contributed by atoms with van der Waals surface area (Å²) < 4.78 is 5.92. The molecule has 1 aliphatic heterocycles. The number of rotatable bonds is 4. The third-order valence-corrected chi connectivity index (χ3v) is 3.43. The number of benzene rings is 1. The predicted octanol–water partition coefficient (Wildman–Crippen LogP) is 2.44. The topological polar surface area (TPSA) is 21.3 Å². The Balaban J connectivity index is 1.53. The second-order valence-electron chi connectivity index (χ2n) is 5.07. The van der Waals surface area contributed by atoms with Crippen LogP contribution in [0.15, 0.2) is 18.2 Å². The minimum absolute atomic E-state index is 0.392. The first-order chi connectivity index (χ1) is 7.81. The van der Waals surface area contributed by atoms with Gasteiger partial charge in [-0.25, -0.2) is 0 Å². The molecule has 1 N–H and O–H groups in total. The standard InChI is InChI=1S/C14H19NO/c1-10-2-5-14-11(8-10)9-13(16-14)6-7-15-12-3-4-12/h2,5,8,12-13,15H,3-4,6-7,9H2,1H3. The molecule has 3 rings (SSSR count). The number of hydrogen-bond donors (Lipinski definition) is 1. The smallest absolute Gasteiger partial charge is 0.123 e. The third kappa shape index (κ3) is 2.22. The minimum Gasteiger partial charge on any atom is -0.490 e. The molecule has 1 heterocycles. The van der Waals surface area contributed by atoms with E-state index in [0.29, 0.717) is 6.10 Å². The molecule has 16 heavy (non-hydrogen) atoms. The molecule has 0 spiro atoms. The van der Waals surface area contributed by atoms with Gasteiger partial charge in [-0.1, -0.05) is 17.7 Å². The highest BCUT2D eigenvalue weighted by molar-refractivity contribution is 5.40. The number of nitrogens with one attached hydrogen (secondary N) is 1. The molecule has 1 aliphatic carbocycles. The summed E-state index contributed by atoms with van der Waals surface area (Å²) in [4.78, 5) is 0. The van der Waals surface area contributed by atoms with Crippen molar-refractivity contribution in [3.8, 4) is 5.75 Å². The lowest BCUT2D eigenvalue weighted by molar-refractivity contribution is 0.220. The Morgan fingerprint density at radius 1 is 1.38 bits per heavy atom. The van der Waals surface area contributed by atoms with Gasteiger partial charge in [-0.3, -0.25) is 0 Å². The second kappa shape index (κ2) is 4.10. The van der Waals surface area contributed by atoms with Crippen LogP contribution in [0.1, 0.15) is 30.4 Å². The van der Waals surface area contributed by atoms with Crippen molar-refractivity contribution in [3.63, 3.8) is 0 Å². The van der Waals surface area contributed by atoms with E-state index in [9.17, 15) is 0 Å². The molecular formula is C14H19NO. The maximum Gasteiger partial charge on any atom is 0.123 e. The largest absolute Gasteiger partial charge is 0.490 e. The molecule has 1 fully saturated rings. The van der Waals surface area contributed by atoms with E-state index in [2.05, 4.69) is 30.4 Å². The summed E-state index contributed by atoms with van der Waals surface area (Å²) >= 11 is 0. The molecule has 2 heteroatoms. The lowest BCUT2D eigenvalue weighted by Crippen LogP contribution is -2.24. The van der Waals surface area contributed by atoms with E-state index >= 15 is 0 Å². The van der Waals surface area contributed by atoms with Crippen LogP contribution >= 0.6 is 0 Å². The Morgan fingerprint density at radius 3 is 3.06 bits per heavy atom. The van der Waals surface area contributed by atoms with Gasteiger partial charge in [0.25, 0.3) is 0 Å². The monoisotopic (exact) mass is 217 g/mol. The van der Waals surface area contributed by atoms with Crippen LogP contribution < -0.4 is 10.1 Å². The normalized spacial score (nSPS) is 22.9. The van der Waals surface area contributed by atoms with Gasteiger partial charge in [-0.2, -0.15) is 0 Å². The van der Waals surface area contributed by atoms with Crippen LogP contribution in [0.5, 0.6) is 5.75 Å². The predicted molar refractivity (Wildman–Crippen MR) is 64.9 cm³/mol. The van der Waals surface area contributed by atoms with E-state index in [1.54, 1.807) is 0 Å². The van der Waals surface area contributed by atoms with Crippen LogP contribution in [-0.2, 0) is 6.42 Å². The number of ether oxygens (including phenoxy) is 1. The molecule has 0 radical (unpaired) electrons. The Hall–Kier alpha value is -1.02. The fourth-order valence-electron chi connectivity index (χ4n) is 2.35. The Kier molecular flexibility index (Phi) is 2.60. The lowest BCUT2D eigenvalue weighted by atomic mass is 10.1. The summed E-state index contributed by atoms with van der Waals surface area (Å²) in [5.41, 5.74) is 2.72. The van der Waals surface area contributed by atoms with E-state index in [1.165, 1.54) is 24.0 Å². The van der Waals surface area contributed by atoms with E-state index in [0.717, 1.165) is 31.2 Å². The SMILES string of the molecule is Cc1ccc2c(c1)CC(CCNC1CC1)O2. The fraction of sp³-hybridized carbons (Fsp3) is 0.571. The van der Waals surface area contributed by atoms with Crippen molar-refractivity contribution in [1.29, 1.82) is 0 Å². The van der Waals surface area contributed by atoms with Crippen LogP contribution in [0.2, 0.25) is 0 Å². The zero-order chi connectivity index (χ0) is 11.0. The third-order valence-electron chi connectivity index (χ3n) is 3.43. The van der Waals surface area contributed by atoms with Crippen molar-refractivity contribution in [2.24, 2.45) is 0 Å². The first kappa shape index (κ1) is 10.2. The van der Waals surface area contributed by atoms with Gasteiger partial charge in [0.2, 0.25) is 0 Å². The number of hydrogen-bond acceptors (Lipinski definition) is 2.